The summed E-state index contributed by atoms with van der Waals surface area (Å²) in [5.74, 6) is -0.571. The van der Waals surface area contributed by atoms with Crippen molar-refractivity contribution in [3.05, 3.63) is 29.6 Å². The van der Waals surface area contributed by atoms with Gasteiger partial charge in [0.1, 0.15) is 11.4 Å². The minimum Gasteiger partial charge on any atom is -0.377 e. The van der Waals surface area contributed by atoms with E-state index in [0.717, 1.165) is 6.07 Å². The minimum absolute atomic E-state index is 0.104. The molecule has 16 heavy (non-hydrogen) atoms. The first-order valence-corrected chi connectivity index (χ1v) is 4.81. The summed E-state index contributed by atoms with van der Waals surface area (Å²) in [5, 5.41) is 0. The molecule has 0 aromatic heterocycles. The van der Waals surface area contributed by atoms with Crippen LogP contribution in [0.4, 0.5) is 18.9 Å². The van der Waals surface area contributed by atoms with Crippen molar-refractivity contribution in [2.24, 2.45) is 5.73 Å². The Bertz CT molecular complexity index is 375. The summed E-state index contributed by atoms with van der Waals surface area (Å²) in [6, 6.07) is 3.72. The van der Waals surface area contributed by atoms with E-state index in [1.54, 1.807) is 19.0 Å². The lowest BCUT2D eigenvalue weighted by molar-refractivity contribution is 0.0626. The van der Waals surface area contributed by atoms with Crippen LogP contribution in [0.1, 0.15) is 12.5 Å². The van der Waals surface area contributed by atoms with E-state index in [2.05, 4.69) is 0 Å². The SMILES string of the molecule is CN(C)c1ccc(F)cc1C(C)(N)C(F)F. The number of benzene rings is 1. The molecule has 0 fully saturated rings. The van der Waals surface area contributed by atoms with Crippen LogP contribution in [0.15, 0.2) is 18.2 Å². The van der Waals surface area contributed by atoms with Crippen LogP contribution in [0.3, 0.4) is 0 Å². The smallest absolute Gasteiger partial charge is 0.260 e. The lowest BCUT2D eigenvalue weighted by Crippen LogP contribution is -2.41. The van der Waals surface area contributed by atoms with Crippen molar-refractivity contribution in [1.29, 1.82) is 0 Å². The minimum atomic E-state index is -2.76. The molecule has 2 nitrogen and oxygen atoms in total. The lowest BCUT2D eigenvalue weighted by atomic mass is 9.91. The van der Waals surface area contributed by atoms with Crippen LogP contribution in [-0.4, -0.2) is 20.5 Å². The van der Waals surface area contributed by atoms with E-state index in [1.807, 2.05) is 0 Å². The second-order valence-corrected chi connectivity index (χ2v) is 4.14. The summed E-state index contributed by atoms with van der Waals surface area (Å²) < 4.78 is 38.7. The number of alkyl halides is 2. The van der Waals surface area contributed by atoms with Gasteiger partial charge in [-0.05, 0) is 25.1 Å². The molecular formula is C11H15F3N2. The Balaban J connectivity index is 3.35. The van der Waals surface area contributed by atoms with Crippen molar-refractivity contribution in [1.82, 2.24) is 0 Å². The highest BCUT2D eigenvalue weighted by molar-refractivity contribution is 5.55. The Hall–Kier alpha value is -1.23. The Morgan fingerprint density at radius 3 is 2.31 bits per heavy atom. The van der Waals surface area contributed by atoms with E-state index >= 15 is 0 Å². The summed E-state index contributed by atoms with van der Waals surface area (Å²) in [7, 11) is 3.39. The summed E-state index contributed by atoms with van der Waals surface area (Å²) in [6.45, 7) is 1.19. The Morgan fingerprint density at radius 1 is 1.31 bits per heavy atom. The zero-order valence-electron chi connectivity index (χ0n) is 9.47. The van der Waals surface area contributed by atoms with Crippen LogP contribution >= 0.6 is 0 Å². The molecule has 0 bridgehead atoms. The monoisotopic (exact) mass is 232 g/mol. The molecule has 90 valence electrons. The van der Waals surface area contributed by atoms with Crippen molar-refractivity contribution in [3.63, 3.8) is 0 Å². The van der Waals surface area contributed by atoms with Crippen molar-refractivity contribution in [2.75, 3.05) is 19.0 Å². The molecule has 0 aliphatic carbocycles. The van der Waals surface area contributed by atoms with Gasteiger partial charge in [0, 0.05) is 25.3 Å². The molecular weight excluding hydrogens is 217 g/mol. The summed E-state index contributed by atoms with van der Waals surface area (Å²) in [5.41, 5.74) is 4.28. The van der Waals surface area contributed by atoms with Crippen LogP contribution in [0, 0.1) is 5.82 Å². The number of halogens is 3. The number of nitrogens with two attached hydrogens (primary N) is 1. The van der Waals surface area contributed by atoms with Crippen molar-refractivity contribution < 1.29 is 13.2 Å². The van der Waals surface area contributed by atoms with Gasteiger partial charge in [-0.2, -0.15) is 0 Å². The van der Waals surface area contributed by atoms with Gasteiger partial charge < -0.3 is 10.6 Å². The number of nitrogens with zero attached hydrogens (tertiary/aromatic N) is 1. The molecule has 5 heteroatoms. The van der Waals surface area contributed by atoms with Gasteiger partial charge in [-0.1, -0.05) is 0 Å². The summed E-state index contributed by atoms with van der Waals surface area (Å²) in [4.78, 5) is 1.63. The average Bonchev–Trinajstić information content (AvgIpc) is 2.16. The van der Waals surface area contributed by atoms with Crippen molar-refractivity contribution in [3.8, 4) is 0 Å². The molecule has 1 rings (SSSR count). The van der Waals surface area contributed by atoms with Crippen LogP contribution in [0.2, 0.25) is 0 Å². The third kappa shape index (κ3) is 2.29. The van der Waals surface area contributed by atoms with E-state index in [0.29, 0.717) is 5.69 Å². The van der Waals surface area contributed by atoms with Crippen LogP contribution in [-0.2, 0) is 5.54 Å². The molecule has 0 saturated carbocycles. The maximum absolute atomic E-state index is 13.1. The van der Waals surface area contributed by atoms with Crippen LogP contribution in [0.5, 0.6) is 0 Å². The molecule has 0 saturated heterocycles. The zero-order chi connectivity index (χ0) is 12.5. The third-order valence-electron chi connectivity index (χ3n) is 2.47. The maximum Gasteiger partial charge on any atom is 0.260 e. The first-order chi connectivity index (χ1) is 7.26. The van der Waals surface area contributed by atoms with E-state index in [9.17, 15) is 13.2 Å². The molecule has 0 aliphatic heterocycles. The highest BCUT2D eigenvalue weighted by Gasteiger charge is 2.35. The quantitative estimate of drug-likeness (QED) is 0.866. The Morgan fingerprint density at radius 2 is 1.88 bits per heavy atom. The van der Waals surface area contributed by atoms with Gasteiger partial charge in [0.25, 0.3) is 6.43 Å². The predicted octanol–water partition coefficient (Wildman–Crippen LogP) is 2.33. The highest BCUT2D eigenvalue weighted by atomic mass is 19.3. The third-order valence-corrected chi connectivity index (χ3v) is 2.47. The molecule has 0 aliphatic rings. The second-order valence-electron chi connectivity index (χ2n) is 4.14. The summed E-state index contributed by atoms with van der Waals surface area (Å²) in [6.07, 6.45) is -2.76. The molecule has 1 aromatic carbocycles. The molecule has 1 atom stereocenters. The predicted molar refractivity (Wildman–Crippen MR) is 58.3 cm³/mol. The topological polar surface area (TPSA) is 29.3 Å². The van der Waals surface area contributed by atoms with E-state index in [-0.39, 0.29) is 5.56 Å². The number of hydrogen-bond acceptors (Lipinski definition) is 2. The fourth-order valence-corrected chi connectivity index (χ4v) is 1.45. The van der Waals surface area contributed by atoms with Gasteiger partial charge in [0.05, 0.1) is 0 Å². The molecule has 2 N–H and O–H groups in total. The van der Waals surface area contributed by atoms with Crippen LogP contribution in [0.25, 0.3) is 0 Å². The van der Waals surface area contributed by atoms with Crippen molar-refractivity contribution in [2.45, 2.75) is 18.9 Å². The Kier molecular flexibility index (Phi) is 3.48. The van der Waals surface area contributed by atoms with Gasteiger partial charge in [-0.15, -0.1) is 0 Å². The van der Waals surface area contributed by atoms with Gasteiger partial charge in [0.15, 0.2) is 0 Å². The standard InChI is InChI=1S/C11H15F3N2/c1-11(15,10(13)14)8-6-7(12)4-5-9(8)16(2)3/h4-6,10H,15H2,1-3H3. The van der Waals surface area contributed by atoms with Crippen molar-refractivity contribution >= 4 is 5.69 Å². The van der Waals surface area contributed by atoms with E-state index in [4.69, 9.17) is 5.73 Å². The van der Waals surface area contributed by atoms with Gasteiger partial charge >= 0.3 is 0 Å². The van der Waals surface area contributed by atoms with Gasteiger partial charge in [-0.3, -0.25) is 0 Å². The van der Waals surface area contributed by atoms with Gasteiger partial charge in [-0.25, -0.2) is 13.2 Å². The first kappa shape index (κ1) is 12.8. The van der Waals surface area contributed by atoms with E-state index in [1.165, 1.54) is 19.1 Å². The fraction of sp³-hybridized carbons (Fsp3) is 0.455. The zero-order valence-corrected chi connectivity index (χ0v) is 9.47. The summed E-state index contributed by atoms with van der Waals surface area (Å²) >= 11 is 0. The molecule has 0 radical (unpaired) electrons. The molecule has 0 heterocycles. The normalized spacial score (nSPS) is 15.0. The average molecular weight is 232 g/mol. The second kappa shape index (κ2) is 4.33. The largest absolute Gasteiger partial charge is 0.377 e. The first-order valence-electron chi connectivity index (χ1n) is 4.81. The maximum atomic E-state index is 13.1. The number of rotatable bonds is 3. The number of hydrogen-bond donors (Lipinski definition) is 1. The molecule has 1 unspecified atom stereocenters. The molecule has 0 spiro atoms. The highest BCUT2D eigenvalue weighted by Crippen LogP contribution is 2.32. The fourth-order valence-electron chi connectivity index (χ4n) is 1.45. The number of anilines is 1. The Labute approximate surface area is 92.9 Å². The van der Waals surface area contributed by atoms with E-state index < -0.39 is 17.8 Å². The van der Waals surface area contributed by atoms with Crippen LogP contribution < -0.4 is 10.6 Å². The molecule has 1 aromatic rings. The van der Waals surface area contributed by atoms with Gasteiger partial charge in [0.2, 0.25) is 0 Å². The lowest BCUT2D eigenvalue weighted by Gasteiger charge is -2.29. The molecule has 0 amide bonds.